The SMILES string of the molecule is COc1ccccc1OCC(=O)N(C1CCCC1)[C@@H]1CCS(=O)(=O)C1. The van der Waals surface area contributed by atoms with Crippen molar-refractivity contribution >= 4 is 15.7 Å². The van der Waals surface area contributed by atoms with Crippen molar-refractivity contribution in [3.8, 4) is 11.5 Å². The van der Waals surface area contributed by atoms with Crippen molar-refractivity contribution in [3.05, 3.63) is 24.3 Å². The molecule has 1 amide bonds. The molecule has 0 radical (unpaired) electrons. The summed E-state index contributed by atoms with van der Waals surface area (Å²) in [5.74, 6) is 1.20. The van der Waals surface area contributed by atoms with Crippen LogP contribution in [0.5, 0.6) is 11.5 Å². The average Bonchev–Trinajstić information content (AvgIpc) is 3.23. The van der Waals surface area contributed by atoms with E-state index in [1.807, 2.05) is 12.1 Å². The Morgan fingerprint density at radius 3 is 2.40 bits per heavy atom. The normalized spacial score (nSPS) is 22.7. The second kappa shape index (κ2) is 7.64. The van der Waals surface area contributed by atoms with Gasteiger partial charge in [-0.3, -0.25) is 4.79 Å². The van der Waals surface area contributed by atoms with E-state index in [1.54, 1.807) is 24.1 Å². The van der Waals surface area contributed by atoms with Crippen LogP contribution in [0.25, 0.3) is 0 Å². The molecule has 0 bridgehead atoms. The molecule has 1 heterocycles. The molecule has 2 fully saturated rings. The first-order valence-electron chi connectivity index (χ1n) is 8.77. The van der Waals surface area contributed by atoms with Gasteiger partial charge in [-0.15, -0.1) is 0 Å². The molecular formula is C18H25NO5S. The molecule has 1 atom stereocenters. The monoisotopic (exact) mass is 367 g/mol. The fourth-order valence-electron chi connectivity index (χ4n) is 3.83. The van der Waals surface area contributed by atoms with Gasteiger partial charge in [0.05, 0.1) is 18.6 Å². The first-order valence-corrected chi connectivity index (χ1v) is 10.6. The molecule has 0 unspecified atom stereocenters. The van der Waals surface area contributed by atoms with Crippen LogP contribution in [0.1, 0.15) is 32.1 Å². The predicted octanol–water partition coefficient (Wildman–Crippen LogP) is 2.03. The van der Waals surface area contributed by atoms with Gasteiger partial charge in [0.1, 0.15) is 0 Å². The molecule has 138 valence electrons. The molecule has 1 aromatic rings. The minimum atomic E-state index is -3.04. The third kappa shape index (κ3) is 4.26. The molecular weight excluding hydrogens is 342 g/mol. The minimum absolute atomic E-state index is 0.0733. The highest BCUT2D eigenvalue weighted by Gasteiger charge is 2.39. The number of carbonyl (C=O) groups is 1. The number of hydrogen-bond acceptors (Lipinski definition) is 5. The van der Waals surface area contributed by atoms with Crippen molar-refractivity contribution < 1.29 is 22.7 Å². The van der Waals surface area contributed by atoms with Crippen molar-refractivity contribution in [2.24, 2.45) is 0 Å². The van der Waals surface area contributed by atoms with Crippen LogP contribution in [0, 0.1) is 0 Å². The zero-order valence-electron chi connectivity index (χ0n) is 14.5. The van der Waals surface area contributed by atoms with Crippen molar-refractivity contribution in [2.75, 3.05) is 25.2 Å². The van der Waals surface area contributed by atoms with Gasteiger partial charge < -0.3 is 14.4 Å². The lowest BCUT2D eigenvalue weighted by Gasteiger charge is -2.34. The third-order valence-electron chi connectivity index (χ3n) is 5.03. The molecule has 1 aliphatic heterocycles. The van der Waals surface area contributed by atoms with Crippen LogP contribution >= 0.6 is 0 Å². The number of hydrogen-bond donors (Lipinski definition) is 0. The first kappa shape index (κ1) is 18.0. The highest BCUT2D eigenvalue weighted by atomic mass is 32.2. The molecule has 3 rings (SSSR count). The summed E-state index contributed by atoms with van der Waals surface area (Å²) in [5.41, 5.74) is 0. The summed E-state index contributed by atoms with van der Waals surface area (Å²) in [6, 6.07) is 7.10. The zero-order valence-corrected chi connectivity index (χ0v) is 15.3. The Bertz CT molecular complexity index is 712. The molecule has 1 saturated carbocycles. The molecule has 7 heteroatoms. The summed E-state index contributed by atoms with van der Waals surface area (Å²) in [6.45, 7) is -0.104. The lowest BCUT2D eigenvalue weighted by atomic mass is 10.1. The van der Waals surface area contributed by atoms with Crippen LogP contribution in [0.15, 0.2) is 24.3 Å². The molecule has 25 heavy (non-hydrogen) atoms. The Morgan fingerprint density at radius 1 is 1.12 bits per heavy atom. The van der Waals surface area contributed by atoms with E-state index in [4.69, 9.17) is 9.47 Å². The Hall–Kier alpha value is -1.76. The fraction of sp³-hybridized carbons (Fsp3) is 0.611. The van der Waals surface area contributed by atoms with Gasteiger partial charge in [0, 0.05) is 12.1 Å². The quantitative estimate of drug-likeness (QED) is 0.769. The molecule has 6 nitrogen and oxygen atoms in total. The summed E-state index contributed by atoms with van der Waals surface area (Å²) >= 11 is 0. The highest BCUT2D eigenvalue weighted by molar-refractivity contribution is 7.91. The van der Waals surface area contributed by atoms with E-state index in [9.17, 15) is 13.2 Å². The molecule has 0 N–H and O–H groups in total. The van der Waals surface area contributed by atoms with E-state index < -0.39 is 9.84 Å². The topological polar surface area (TPSA) is 72.9 Å². The number of amides is 1. The summed E-state index contributed by atoms with van der Waals surface area (Å²) < 4.78 is 34.6. The van der Waals surface area contributed by atoms with Crippen LogP contribution in [-0.2, 0) is 14.6 Å². The molecule has 1 saturated heterocycles. The Morgan fingerprint density at radius 2 is 1.80 bits per heavy atom. The van der Waals surface area contributed by atoms with Crippen molar-refractivity contribution in [3.63, 3.8) is 0 Å². The lowest BCUT2D eigenvalue weighted by Crippen LogP contribution is -2.48. The second-order valence-corrected chi connectivity index (χ2v) is 8.96. The van der Waals surface area contributed by atoms with E-state index in [0.717, 1.165) is 25.7 Å². The van der Waals surface area contributed by atoms with E-state index in [-0.39, 0.29) is 36.1 Å². The van der Waals surface area contributed by atoms with Crippen LogP contribution < -0.4 is 9.47 Å². The van der Waals surface area contributed by atoms with E-state index in [2.05, 4.69) is 0 Å². The van der Waals surface area contributed by atoms with Gasteiger partial charge in [-0.05, 0) is 31.4 Å². The number of sulfone groups is 1. The predicted molar refractivity (Wildman–Crippen MR) is 94.6 cm³/mol. The van der Waals surface area contributed by atoms with Crippen LogP contribution in [0.4, 0.5) is 0 Å². The number of ether oxygens (including phenoxy) is 2. The molecule has 1 aromatic carbocycles. The summed E-state index contributed by atoms with van der Waals surface area (Å²) in [7, 11) is -1.48. The Labute approximate surface area is 149 Å². The van der Waals surface area contributed by atoms with Crippen molar-refractivity contribution in [1.82, 2.24) is 4.90 Å². The lowest BCUT2D eigenvalue weighted by molar-refractivity contribution is -0.137. The average molecular weight is 367 g/mol. The Balaban J connectivity index is 1.71. The van der Waals surface area contributed by atoms with Crippen molar-refractivity contribution in [1.29, 1.82) is 0 Å². The highest BCUT2D eigenvalue weighted by Crippen LogP contribution is 2.30. The van der Waals surface area contributed by atoms with E-state index in [0.29, 0.717) is 17.9 Å². The molecule has 0 aromatic heterocycles. The standard InChI is InChI=1S/C18H25NO5S/c1-23-16-8-4-5-9-17(16)24-12-18(20)19(14-6-2-3-7-14)15-10-11-25(21,22)13-15/h4-5,8-9,14-15H,2-3,6-7,10-13H2,1H3/t15-/m1/s1. The summed E-state index contributed by atoms with van der Waals surface area (Å²) in [4.78, 5) is 14.7. The largest absolute Gasteiger partial charge is 0.493 e. The summed E-state index contributed by atoms with van der Waals surface area (Å²) in [5, 5.41) is 0. The van der Waals surface area contributed by atoms with Gasteiger partial charge in [-0.25, -0.2) is 8.42 Å². The minimum Gasteiger partial charge on any atom is -0.493 e. The maximum Gasteiger partial charge on any atom is 0.261 e. The van der Waals surface area contributed by atoms with Gasteiger partial charge in [-0.2, -0.15) is 0 Å². The number of carbonyl (C=O) groups excluding carboxylic acids is 1. The molecule has 1 aliphatic carbocycles. The number of benzene rings is 1. The third-order valence-corrected chi connectivity index (χ3v) is 6.78. The van der Waals surface area contributed by atoms with Gasteiger partial charge >= 0.3 is 0 Å². The van der Waals surface area contributed by atoms with Crippen LogP contribution in [0.2, 0.25) is 0 Å². The van der Waals surface area contributed by atoms with Crippen LogP contribution in [0.3, 0.4) is 0 Å². The van der Waals surface area contributed by atoms with Gasteiger partial charge in [-0.1, -0.05) is 25.0 Å². The number of rotatable bonds is 6. The maximum absolute atomic E-state index is 12.9. The first-order chi connectivity index (χ1) is 12.0. The molecule has 2 aliphatic rings. The summed E-state index contributed by atoms with van der Waals surface area (Å²) in [6.07, 6.45) is 4.58. The zero-order chi connectivity index (χ0) is 17.9. The van der Waals surface area contributed by atoms with E-state index in [1.165, 1.54) is 0 Å². The van der Waals surface area contributed by atoms with Gasteiger partial charge in [0.2, 0.25) is 0 Å². The van der Waals surface area contributed by atoms with Gasteiger partial charge in [0.25, 0.3) is 5.91 Å². The maximum atomic E-state index is 12.9. The van der Waals surface area contributed by atoms with Crippen molar-refractivity contribution in [2.45, 2.75) is 44.2 Å². The van der Waals surface area contributed by atoms with Gasteiger partial charge in [0.15, 0.2) is 27.9 Å². The second-order valence-electron chi connectivity index (χ2n) is 6.74. The molecule has 0 spiro atoms. The number of nitrogens with zero attached hydrogens (tertiary/aromatic N) is 1. The van der Waals surface area contributed by atoms with E-state index >= 15 is 0 Å². The Kier molecular flexibility index (Phi) is 5.51. The smallest absolute Gasteiger partial charge is 0.261 e. The number of para-hydroxylation sites is 2. The number of methoxy groups -OCH3 is 1. The van der Waals surface area contributed by atoms with Crippen LogP contribution in [-0.4, -0.2) is 56.5 Å². The fourth-order valence-corrected chi connectivity index (χ4v) is 5.55.